The molecule has 2 rings (SSSR count). The fraction of sp³-hybridized carbons (Fsp3) is 0.417. The monoisotopic (exact) mass is 189 g/mol. The van der Waals surface area contributed by atoms with Crippen LogP contribution >= 0.6 is 0 Å². The number of carbonyl (C=O) groups is 1. The Morgan fingerprint density at radius 3 is 2.50 bits per heavy atom. The van der Waals surface area contributed by atoms with Gasteiger partial charge >= 0.3 is 0 Å². The number of aryl methyl sites for hydroxylation is 1. The second kappa shape index (κ2) is 3.82. The Hall–Kier alpha value is -1.31. The molecule has 0 spiro atoms. The molecule has 2 nitrogen and oxygen atoms in total. The Kier molecular flexibility index (Phi) is 2.53. The van der Waals surface area contributed by atoms with Crippen molar-refractivity contribution < 1.29 is 4.79 Å². The molecule has 1 aliphatic rings. The largest absolute Gasteiger partial charge is 0.312 e. The molecule has 2 heteroatoms. The van der Waals surface area contributed by atoms with Crippen molar-refractivity contribution in [2.45, 2.75) is 26.2 Å². The maximum Gasteiger partial charge on any atom is 0.227 e. The number of carbonyl (C=O) groups excluding carboxylic acids is 1. The van der Waals surface area contributed by atoms with Gasteiger partial charge in [-0.15, -0.1) is 0 Å². The van der Waals surface area contributed by atoms with Crippen LogP contribution in [0.5, 0.6) is 0 Å². The van der Waals surface area contributed by atoms with Crippen LogP contribution in [0.15, 0.2) is 24.3 Å². The van der Waals surface area contributed by atoms with E-state index in [9.17, 15) is 4.79 Å². The van der Waals surface area contributed by atoms with E-state index < -0.39 is 0 Å². The summed E-state index contributed by atoms with van der Waals surface area (Å²) in [4.78, 5) is 13.3. The number of amides is 1. The molecule has 0 N–H and O–H groups in total. The van der Waals surface area contributed by atoms with Crippen LogP contribution in [-0.2, 0) is 11.2 Å². The Balaban J connectivity index is 2.20. The van der Waals surface area contributed by atoms with Gasteiger partial charge in [0.25, 0.3) is 0 Å². The third kappa shape index (κ3) is 1.65. The number of hydrogen-bond donors (Lipinski definition) is 0. The van der Waals surface area contributed by atoms with Crippen molar-refractivity contribution in [2.24, 2.45) is 0 Å². The lowest BCUT2D eigenvalue weighted by Crippen LogP contribution is -2.23. The molecule has 74 valence electrons. The summed E-state index contributed by atoms with van der Waals surface area (Å²) in [5.74, 6) is 0.259. The standard InChI is InChI=1S/C12H15NO/c1-2-10-5-7-11(8-6-10)13-9-3-4-12(13)14/h5-8H,2-4,9H2,1H3. The quantitative estimate of drug-likeness (QED) is 0.699. The van der Waals surface area contributed by atoms with Crippen molar-refractivity contribution >= 4 is 11.6 Å². The fourth-order valence-corrected chi connectivity index (χ4v) is 1.83. The van der Waals surface area contributed by atoms with Crippen LogP contribution in [0.4, 0.5) is 5.69 Å². The van der Waals surface area contributed by atoms with Crippen LogP contribution < -0.4 is 4.90 Å². The first-order chi connectivity index (χ1) is 6.81. The van der Waals surface area contributed by atoms with Gasteiger partial charge in [-0.25, -0.2) is 0 Å². The summed E-state index contributed by atoms with van der Waals surface area (Å²) in [6.45, 7) is 3.01. The van der Waals surface area contributed by atoms with E-state index in [1.54, 1.807) is 0 Å². The van der Waals surface area contributed by atoms with E-state index >= 15 is 0 Å². The van der Waals surface area contributed by atoms with Crippen molar-refractivity contribution in [3.63, 3.8) is 0 Å². The van der Waals surface area contributed by atoms with E-state index in [4.69, 9.17) is 0 Å². The molecule has 0 radical (unpaired) electrons. The minimum absolute atomic E-state index is 0.259. The lowest BCUT2D eigenvalue weighted by Gasteiger charge is -2.15. The summed E-state index contributed by atoms with van der Waals surface area (Å²) < 4.78 is 0. The number of anilines is 1. The molecule has 0 bridgehead atoms. The molecule has 1 aromatic rings. The van der Waals surface area contributed by atoms with Gasteiger partial charge in [-0.1, -0.05) is 19.1 Å². The van der Waals surface area contributed by atoms with Gasteiger partial charge in [0.1, 0.15) is 0 Å². The third-order valence-corrected chi connectivity index (χ3v) is 2.73. The van der Waals surface area contributed by atoms with Crippen LogP contribution in [0.3, 0.4) is 0 Å². The lowest BCUT2D eigenvalue weighted by atomic mass is 10.1. The zero-order valence-electron chi connectivity index (χ0n) is 8.49. The molecule has 0 unspecified atom stereocenters. The Labute approximate surface area is 84.5 Å². The molecule has 14 heavy (non-hydrogen) atoms. The van der Waals surface area contributed by atoms with Crippen LogP contribution in [-0.4, -0.2) is 12.5 Å². The molecule has 0 aromatic heterocycles. The topological polar surface area (TPSA) is 20.3 Å². The van der Waals surface area contributed by atoms with Gasteiger partial charge in [0.05, 0.1) is 0 Å². The minimum atomic E-state index is 0.259. The average Bonchev–Trinajstić information content (AvgIpc) is 2.65. The summed E-state index contributed by atoms with van der Waals surface area (Å²) in [6, 6.07) is 8.28. The predicted molar refractivity (Wildman–Crippen MR) is 57.4 cm³/mol. The van der Waals surface area contributed by atoms with E-state index in [1.165, 1.54) is 5.56 Å². The molecule has 1 saturated heterocycles. The third-order valence-electron chi connectivity index (χ3n) is 2.73. The van der Waals surface area contributed by atoms with Gasteiger partial charge < -0.3 is 4.90 Å². The number of rotatable bonds is 2. The molecule has 1 amide bonds. The van der Waals surface area contributed by atoms with Crippen molar-refractivity contribution in [1.29, 1.82) is 0 Å². The van der Waals surface area contributed by atoms with Crippen molar-refractivity contribution in [3.8, 4) is 0 Å². The maximum atomic E-state index is 11.5. The van der Waals surface area contributed by atoms with Crippen LogP contribution in [0.1, 0.15) is 25.3 Å². The highest BCUT2D eigenvalue weighted by Gasteiger charge is 2.21. The highest BCUT2D eigenvalue weighted by atomic mass is 16.2. The predicted octanol–water partition coefficient (Wildman–Crippen LogP) is 2.38. The van der Waals surface area contributed by atoms with Crippen LogP contribution in [0.25, 0.3) is 0 Å². The highest BCUT2D eigenvalue weighted by molar-refractivity contribution is 5.95. The molecular weight excluding hydrogens is 174 g/mol. The Morgan fingerprint density at radius 2 is 2.00 bits per heavy atom. The van der Waals surface area contributed by atoms with E-state index in [0.29, 0.717) is 6.42 Å². The first-order valence-corrected chi connectivity index (χ1v) is 5.20. The van der Waals surface area contributed by atoms with Crippen LogP contribution in [0, 0.1) is 0 Å². The smallest absolute Gasteiger partial charge is 0.227 e. The van der Waals surface area contributed by atoms with Gasteiger partial charge in [-0.2, -0.15) is 0 Å². The van der Waals surface area contributed by atoms with Crippen molar-refractivity contribution in [1.82, 2.24) is 0 Å². The van der Waals surface area contributed by atoms with Gasteiger partial charge in [0, 0.05) is 18.7 Å². The van der Waals surface area contributed by atoms with Gasteiger partial charge in [-0.3, -0.25) is 4.79 Å². The average molecular weight is 189 g/mol. The Morgan fingerprint density at radius 1 is 1.29 bits per heavy atom. The molecule has 0 atom stereocenters. The number of benzene rings is 1. The van der Waals surface area contributed by atoms with E-state index in [0.717, 1.165) is 25.1 Å². The fourth-order valence-electron chi connectivity index (χ4n) is 1.83. The summed E-state index contributed by atoms with van der Waals surface area (Å²) in [7, 11) is 0. The van der Waals surface area contributed by atoms with Gasteiger partial charge in [0.2, 0.25) is 5.91 Å². The summed E-state index contributed by atoms with van der Waals surface area (Å²) in [6.07, 6.45) is 2.75. The van der Waals surface area contributed by atoms with Crippen molar-refractivity contribution in [3.05, 3.63) is 29.8 Å². The second-order valence-electron chi connectivity index (χ2n) is 3.67. The number of nitrogens with zero attached hydrogens (tertiary/aromatic N) is 1. The zero-order valence-corrected chi connectivity index (χ0v) is 8.49. The van der Waals surface area contributed by atoms with E-state index in [-0.39, 0.29) is 5.91 Å². The van der Waals surface area contributed by atoms with E-state index in [1.807, 2.05) is 17.0 Å². The van der Waals surface area contributed by atoms with Crippen LogP contribution in [0.2, 0.25) is 0 Å². The summed E-state index contributed by atoms with van der Waals surface area (Å²) in [5, 5.41) is 0. The van der Waals surface area contributed by atoms with E-state index in [2.05, 4.69) is 19.1 Å². The summed E-state index contributed by atoms with van der Waals surface area (Å²) in [5.41, 5.74) is 2.37. The van der Waals surface area contributed by atoms with Crippen molar-refractivity contribution in [2.75, 3.05) is 11.4 Å². The molecule has 0 aliphatic carbocycles. The molecule has 1 aliphatic heterocycles. The first-order valence-electron chi connectivity index (χ1n) is 5.20. The minimum Gasteiger partial charge on any atom is -0.312 e. The highest BCUT2D eigenvalue weighted by Crippen LogP contribution is 2.21. The SMILES string of the molecule is CCc1ccc(N2CCCC2=O)cc1. The summed E-state index contributed by atoms with van der Waals surface area (Å²) >= 11 is 0. The van der Waals surface area contributed by atoms with Gasteiger partial charge in [0.15, 0.2) is 0 Å². The first kappa shape index (κ1) is 9.25. The molecule has 0 saturated carbocycles. The molecular formula is C12H15NO. The normalized spacial score (nSPS) is 16.4. The lowest BCUT2D eigenvalue weighted by molar-refractivity contribution is -0.117. The molecule has 1 heterocycles. The van der Waals surface area contributed by atoms with Gasteiger partial charge in [-0.05, 0) is 30.5 Å². The Bertz CT molecular complexity index is 329. The maximum absolute atomic E-state index is 11.5. The number of hydrogen-bond acceptors (Lipinski definition) is 1. The second-order valence-corrected chi connectivity index (χ2v) is 3.67. The molecule has 1 aromatic carbocycles. The molecule has 1 fully saturated rings. The zero-order chi connectivity index (χ0) is 9.97.